The third kappa shape index (κ3) is 80.4. The van der Waals surface area contributed by atoms with Gasteiger partial charge in [0.25, 0.3) is 0 Å². The van der Waals surface area contributed by atoms with E-state index in [1.807, 2.05) is 0 Å². The van der Waals surface area contributed by atoms with Crippen LogP contribution in [0.2, 0.25) is 0 Å². The van der Waals surface area contributed by atoms with Crippen LogP contribution in [-0.2, 0) is 63.9 Å². The molecule has 0 bridgehead atoms. The van der Waals surface area contributed by atoms with E-state index in [-0.39, 0.29) is 215 Å². The first kappa shape index (κ1) is 104. The Morgan fingerprint density at radius 2 is 0.407 bits per heavy atom. The molecule has 0 atom stereocenters. The van der Waals surface area contributed by atoms with Crippen molar-refractivity contribution in [1.82, 2.24) is 0 Å². The second kappa shape index (κ2) is 49.0. The van der Waals surface area contributed by atoms with Crippen molar-refractivity contribution in [2.75, 3.05) is 0 Å². The fraction of sp³-hybridized carbons (Fsp3) is 0.500. The zero-order chi connectivity index (χ0) is 40.9. The molecule has 302 valence electrons. The first-order chi connectivity index (χ1) is 21.3. The molecule has 0 heterocycles. The van der Waals surface area contributed by atoms with Crippen LogP contribution in [0.15, 0.2) is 0 Å². The van der Waals surface area contributed by atoms with Crippen LogP contribution in [0.25, 0.3) is 0 Å². The fourth-order valence-electron chi connectivity index (χ4n) is 2.05. The number of carboxylic acid groups (broad SMARTS) is 9. The van der Waals surface area contributed by atoms with Crippen LogP contribution >= 0.6 is 0 Å². The van der Waals surface area contributed by atoms with Gasteiger partial charge in [-0.05, 0) is 0 Å². The van der Waals surface area contributed by atoms with Crippen molar-refractivity contribution in [2.45, 2.75) is 55.3 Å². The molecule has 0 saturated carbocycles. The molecule has 0 aromatic carbocycles. The molecule has 0 fully saturated rings. The van der Waals surface area contributed by atoms with Gasteiger partial charge in [0.2, 0.25) is 0 Å². The zero-order valence-electron chi connectivity index (χ0n) is 30.6. The van der Waals surface area contributed by atoms with E-state index in [2.05, 4.69) is 0 Å². The first-order valence-corrected chi connectivity index (χ1v) is 13.3. The van der Waals surface area contributed by atoms with E-state index >= 15 is 0 Å². The number of hydrogen-bond acceptors (Lipinski definition) is 29. The zero-order valence-corrected chi connectivity index (χ0v) is 45.3. The maximum absolute atomic E-state index is 10.1. The predicted octanol–water partition coefficient (Wildman–Crippen LogP) is -31.0. The van der Waals surface area contributed by atoms with Gasteiger partial charge < -0.3 is 134 Å². The minimum Gasteiger partial charge on any atom is -0.759 e. The molecular weight excluding hydrogens is 967 g/mol. The van der Waals surface area contributed by atoms with Crippen LogP contribution < -0.4 is 135 Å². The van der Waals surface area contributed by atoms with Gasteiger partial charge in [-0.3, -0.25) is 16.8 Å². The summed E-state index contributed by atoms with van der Waals surface area (Å²) in [6, 6.07) is 0. The molecule has 0 aromatic rings. The van der Waals surface area contributed by atoms with E-state index in [0.29, 0.717) is 0 Å². The van der Waals surface area contributed by atoms with Crippen LogP contribution in [0.3, 0.4) is 0 Å². The van der Waals surface area contributed by atoms with Crippen molar-refractivity contribution >= 4 is 190 Å². The normalized spacial score (nSPS) is 9.14. The van der Waals surface area contributed by atoms with Crippen LogP contribution in [0.4, 0.5) is 0 Å². The van der Waals surface area contributed by atoms with Crippen LogP contribution in [0.5, 0.6) is 0 Å². The number of hydrogen-bond donors (Lipinski definition) is 3. The van der Waals surface area contributed by atoms with Gasteiger partial charge in [-0.2, -0.15) is 0 Å². The smallest absolute Gasteiger partial charge is 0.759 e. The van der Waals surface area contributed by atoms with Crippen molar-refractivity contribution < 1.29 is 239 Å². The van der Waals surface area contributed by atoms with Crippen LogP contribution in [0.1, 0.15) is 38.5 Å². The number of carboxylic acids is 9. The van der Waals surface area contributed by atoms with E-state index in [1.54, 1.807) is 0 Å². The first-order valence-electron chi connectivity index (χ1n) is 10.7. The second-order valence-corrected chi connectivity index (χ2v) is 9.70. The summed E-state index contributed by atoms with van der Waals surface area (Å²) in [6.45, 7) is 0. The van der Waals surface area contributed by atoms with Gasteiger partial charge in [0.1, 0.15) is 16.8 Å². The number of rotatable bonds is 15. The molecule has 0 unspecified atom stereocenters. The second-order valence-electron chi connectivity index (χ2n) is 8.07. The summed E-state index contributed by atoms with van der Waals surface area (Å²) >= 11 is 0. The fourth-order valence-corrected chi connectivity index (χ4v) is 2.05. The largest absolute Gasteiger partial charge is 2.00 e. The summed E-state index contributed by atoms with van der Waals surface area (Å²) in [4.78, 5) is 90.0. The molecule has 0 aromatic heterocycles. The third-order valence-corrected chi connectivity index (χ3v) is 3.76. The van der Waals surface area contributed by atoms with E-state index in [4.69, 9.17) is 50.4 Å². The Balaban J connectivity index is -0.0000000315. The molecule has 0 amide bonds. The van der Waals surface area contributed by atoms with Crippen molar-refractivity contribution in [3.8, 4) is 0 Å². The molecule has 0 rings (SSSR count). The topological polar surface area (TPSA) is 645 Å². The van der Waals surface area contributed by atoms with Gasteiger partial charge in [0.15, 0.2) is 0 Å². The van der Waals surface area contributed by atoms with E-state index in [0.717, 1.165) is 0 Å². The standard InChI is InChI=1S/3C6H8O7.5Mg.3Na.2H2O4S.2H2O/c3*7-3(8)1-6(13,5(11)12)2-4(9)10;;;;;;;;;2*1-5(2,3)4;;/h3*13H,1-2H2,(H,7,8)(H,9,10)(H,11,12);;;;;;;;;2*(H2,1,2,3,4);2*1H2/q;;;5*+2;3*+1;;;;/p-13. The summed E-state index contributed by atoms with van der Waals surface area (Å²) < 4.78 is 68.2. The van der Waals surface area contributed by atoms with Gasteiger partial charge >= 0.3 is 204 Å². The van der Waals surface area contributed by atoms with E-state index < -0.39 is 130 Å². The number of aliphatic carboxylic acids is 9. The Morgan fingerprint density at radius 3 is 0.441 bits per heavy atom. The molecule has 0 aliphatic carbocycles. The molecular formula is C18H19Mg5Na3O31S2. The van der Waals surface area contributed by atoms with Crippen molar-refractivity contribution in [1.29, 1.82) is 0 Å². The summed E-state index contributed by atoms with van der Waals surface area (Å²) in [6.07, 6.45) is -8.15. The molecule has 0 saturated heterocycles. The summed E-state index contributed by atoms with van der Waals surface area (Å²) in [5.41, 5.74) is -8.92. The van der Waals surface area contributed by atoms with E-state index in [1.165, 1.54) is 0 Å². The molecule has 0 radical (unpaired) electrons. The molecule has 41 heteroatoms. The van der Waals surface area contributed by atoms with Crippen molar-refractivity contribution in [3.63, 3.8) is 0 Å². The average molecular weight is 986 g/mol. The maximum Gasteiger partial charge on any atom is 2.00 e. The molecule has 7 N–H and O–H groups in total. The minimum atomic E-state index is -5.17. The molecule has 31 nitrogen and oxygen atoms in total. The number of carbonyl (C=O) groups is 9. The Bertz CT molecular complexity index is 1250. The minimum absolute atomic E-state index is 0. The van der Waals surface area contributed by atoms with Gasteiger partial charge in [-0.1, -0.05) is 0 Å². The van der Waals surface area contributed by atoms with Crippen molar-refractivity contribution in [2.24, 2.45) is 0 Å². The van der Waals surface area contributed by atoms with Crippen molar-refractivity contribution in [3.05, 3.63) is 0 Å². The van der Waals surface area contributed by atoms with E-state index in [9.17, 15) is 89.1 Å². The summed E-state index contributed by atoms with van der Waals surface area (Å²) in [5.74, 6) is -18.0. The molecule has 59 heavy (non-hydrogen) atoms. The van der Waals surface area contributed by atoms with Gasteiger partial charge in [-0.15, -0.1) is 0 Å². The molecule has 0 aliphatic heterocycles. The Morgan fingerprint density at radius 1 is 0.339 bits per heavy atom. The van der Waals surface area contributed by atoms with Gasteiger partial charge in [0, 0.05) is 95.1 Å². The van der Waals surface area contributed by atoms with Gasteiger partial charge in [-0.25, -0.2) is 0 Å². The quantitative estimate of drug-likeness (QED) is 0.0779. The SMILES string of the molecule is O.O.O=C([O-])CC(O)(CC(=O)[O-])C(=O)[O-].O=C([O-])CC(O)(CC(=O)[O-])C(=O)[O-].O=C([O-])CC(O)(CC(=O)[O-])C(=O)[O-].O=S(=O)([O-])[O-].O=S(=O)([O-])[O-].[Mg+2].[Mg+2].[Mg+2].[Mg+2].[Mg+2].[Na+].[Na+].[Na+]. The Hall–Kier alpha value is 1.60. The predicted molar refractivity (Wildman–Crippen MR) is 145 cm³/mol. The Kier molecular flexibility index (Phi) is 86.1. The molecule has 0 aliphatic rings. The van der Waals surface area contributed by atoms with Crippen LogP contribution in [0, 0.1) is 0 Å². The molecule has 0 spiro atoms. The summed E-state index contributed by atoms with van der Waals surface area (Å²) in [5, 5.41) is 117. The number of aliphatic hydroxyl groups is 3. The third-order valence-electron chi connectivity index (χ3n) is 3.76. The average Bonchev–Trinajstić information content (AvgIpc) is 2.74. The van der Waals surface area contributed by atoms with Gasteiger partial charge in [0.05, 0.1) is 17.9 Å². The summed E-state index contributed by atoms with van der Waals surface area (Å²) in [7, 11) is -10.3. The maximum atomic E-state index is 10.1. The number of carbonyl (C=O) groups excluding carboxylic acids is 9. The van der Waals surface area contributed by atoms with Crippen LogP contribution in [-0.4, -0.2) is 247 Å². The monoisotopic (exact) mass is 984 g/mol. The Labute approximate surface area is 477 Å².